The minimum absolute atomic E-state index is 0.0157. The van der Waals surface area contributed by atoms with Gasteiger partial charge in [0.1, 0.15) is 6.26 Å². The van der Waals surface area contributed by atoms with Crippen LogP contribution in [0.3, 0.4) is 0 Å². The Morgan fingerprint density at radius 1 is 1.25 bits per heavy atom. The average molecular weight is 273 g/mol. The first-order chi connectivity index (χ1) is 9.64. The van der Waals surface area contributed by atoms with Crippen molar-refractivity contribution in [3.63, 3.8) is 0 Å². The highest BCUT2D eigenvalue weighted by molar-refractivity contribution is 5.93. The lowest BCUT2D eigenvalue weighted by atomic mass is 9.48. The van der Waals surface area contributed by atoms with Gasteiger partial charge in [-0.25, -0.2) is 0 Å². The lowest BCUT2D eigenvalue weighted by molar-refractivity contribution is -0.0688. The number of hydrogen-bond donors (Lipinski definition) is 1. The number of nitrogens with one attached hydrogen (secondary N) is 1. The molecule has 3 heteroatoms. The molecule has 0 aromatic carbocycles. The zero-order valence-electron chi connectivity index (χ0n) is 12.1. The van der Waals surface area contributed by atoms with E-state index < -0.39 is 0 Å². The number of carbonyl (C=O) groups is 1. The van der Waals surface area contributed by atoms with Gasteiger partial charge < -0.3 is 9.73 Å². The van der Waals surface area contributed by atoms with E-state index in [9.17, 15) is 4.79 Å². The summed E-state index contributed by atoms with van der Waals surface area (Å²) in [7, 11) is 0. The molecule has 4 saturated carbocycles. The maximum Gasteiger partial charge on any atom is 0.254 e. The Morgan fingerprint density at radius 3 is 2.35 bits per heavy atom. The highest BCUT2D eigenvalue weighted by Gasteiger charge is 2.53. The summed E-state index contributed by atoms with van der Waals surface area (Å²) >= 11 is 0. The standard InChI is InChI=1S/C17H23NO2/c1-11(18-16(19)15-2-3-20-10-15)17-7-12-4-13(8-17)6-14(5-12)9-17/h2-3,10-14H,4-9H2,1H3,(H,18,19). The summed E-state index contributed by atoms with van der Waals surface area (Å²) in [6.45, 7) is 2.21. The summed E-state index contributed by atoms with van der Waals surface area (Å²) in [5, 5.41) is 3.24. The van der Waals surface area contributed by atoms with Crippen LogP contribution < -0.4 is 5.32 Å². The van der Waals surface area contributed by atoms with Crippen molar-refractivity contribution in [1.29, 1.82) is 0 Å². The van der Waals surface area contributed by atoms with Crippen LogP contribution in [-0.2, 0) is 0 Å². The predicted molar refractivity (Wildman–Crippen MR) is 76.2 cm³/mol. The average Bonchev–Trinajstić information content (AvgIpc) is 2.90. The van der Waals surface area contributed by atoms with Crippen molar-refractivity contribution < 1.29 is 9.21 Å². The second-order valence-electron chi connectivity index (χ2n) is 7.49. The third kappa shape index (κ3) is 1.90. The lowest BCUT2D eigenvalue weighted by Gasteiger charge is -2.59. The zero-order chi connectivity index (χ0) is 13.7. The van der Waals surface area contributed by atoms with Crippen molar-refractivity contribution >= 4 is 5.91 Å². The highest BCUT2D eigenvalue weighted by atomic mass is 16.3. The largest absolute Gasteiger partial charge is 0.472 e. The van der Waals surface area contributed by atoms with Crippen molar-refractivity contribution in [2.45, 2.75) is 51.5 Å². The normalized spacial score (nSPS) is 39.8. The van der Waals surface area contributed by atoms with Gasteiger partial charge in [-0.3, -0.25) is 4.79 Å². The van der Waals surface area contributed by atoms with Gasteiger partial charge in [-0.05, 0) is 74.7 Å². The molecule has 1 amide bonds. The molecule has 5 rings (SSSR count). The third-order valence-electron chi connectivity index (χ3n) is 6.14. The predicted octanol–water partition coefficient (Wildman–Crippen LogP) is 3.61. The third-order valence-corrected chi connectivity index (χ3v) is 6.14. The fraction of sp³-hybridized carbons (Fsp3) is 0.706. The second kappa shape index (κ2) is 4.37. The summed E-state index contributed by atoms with van der Waals surface area (Å²) < 4.78 is 5.01. The maximum absolute atomic E-state index is 12.2. The highest BCUT2D eigenvalue weighted by Crippen LogP contribution is 2.61. The Morgan fingerprint density at radius 2 is 1.85 bits per heavy atom. The molecule has 1 aromatic rings. The topological polar surface area (TPSA) is 42.2 Å². The quantitative estimate of drug-likeness (QED) is 0.914. The molecule has 4 aliphatic rings. The van der Waals surface area contributed by atoms with Gasteiger partial charge in [0.15, 0.2) is 0 Å². The molecular formula is C17H23NO2. The molecule has 3 nitrogen and oxygen atoms in total. The monoisotopic (exact) mass is 273 g/mol. The molecule has 1 heterocycles. The van der Waals surface area contributed by atoms with Crippen LogP contribution in [0.4, 0.5) is 0 Å². The summed E-state index contributed by atoms with van der Waals surface area (Å²) in [5.41, 5.74) is 1.01. The van der Waals surface area contributed by atoms with Gasteiger partial charge in [-0.2, -0.15) is 0 Å². The number of rotatable bonds is 3. The smallest absolute Gasteiger partial charge is 0.254 e. The van der Waals surface area contributed by atoms with Gasteiger partial charge in [0, 0.05) is 6.04 Å². The summed E-state index contributed by atoms with van der Waals surface area (Å²) in [6.07, 6.45) is 11.4. The molecular weight excluding hydrogens is 250 g/mol. The SMILES string of the molecule is CC(NC(=O)c1ccoc1)C12CC3CC(CC(C3)C1)C2. The van der Waals surface area contributed by atoms with E-state index in [1.165, 1.54) is 44.8 Å². The zero-order valence-corrected chi connectivity index (χ0v) is 12.1. The molecule has 1 unspecified atom stereocenters. The Balaban J connectivity index is 1.51. The van der Waals surface area contributed by atoms with Crippen molar-refractivity contribution in [3.05, 3.63) is 24.2 Å². The molecule has 0 spiro atoms. The molecule has 4 bridgehead atoms. The first-order valence-electron chi connectivity index (χ1n) is 7.98. The van der Waals surface area contributed by atoms with Crippen LogP contribution in [0.1, 0.15) is 55.8 Å². The number of carbonyl (C=O) groups excluding carboxylic acids is 1. The molecule has 0 aliphatic heterocycles. The van der Waals surface area contributed by atoms with Crippen LogP contribution in [0.15, 0.2) is 23.0 Å². The van der Waals surface area contributed by atoms with Crippen LogP contribution in [0, 0.1) is 23.2 Å². The Kier molecular flexibility index (Phi) is 2.73. The molecule has 20 heavy (non-hydrogen) atoms. The first kappa shape index (κ1) is 12.5. The van der Waals surface area contributed by atoms with E-state index in [1.807, 2.05) is 0 Å². The fourth-order valence-electron chi connectivity index (χ4n) is 5.53. The Labute approximate surface area is 120 Å². The van der Waals surface area contributed by atoms with Crippen molar-refractivity contribution in [2.75, 3.05) is 0 Å². The molecule has 1 aromatic heterocycles. The molecule has 108 valence electrons. The van der Waals surface area contributed by atoms with Gasteiger partial charge >= 0.3 is 0 Å². The number of hydrogen-bond acceptors (Lipinski definition) is 2. The summed E-state index contributed by atoms with van der Waals surface area (Å²) in [6, 6.07) is 2.01. The molecule has 0 saturated heterocycles. The van der Waals surface area contributed by atoms with Gasteiger partial charge in [0.2, 0.25) is 0 Å². The van der Waals surface area contributed by atoms with E-state index >= 15 is 0 Å². The molecule has 0 radical (unpaired) electrons. The van der Waals surface area contributed by atoms with Crippen LogP contribution in [0.2, 0.25) is 0 Å². The van der Waals surface area contributed by atoms with E-state index in [2.05, 4.69) is 12.2 Å². The van der Waals surface area contributed by atoms with E-state index in [1.54, 1.807) is 12.3 Å². The number of amides is 1. The molecule has 4 aliphatic carbocycles. The maximum atomic E-state index is 12.2. The van der Waals surface area contributed by atoms with Gasteiger partial charge in [-0.15, -0.1) is 0 Å². The first-order valence-corrected chi connectivity index (χ1v) is 7.98. The van der Waals surface area contributed by atoms with E-state index in [4.69, 9.17) is 4.42 Å². The van der Waals surface area contributed by atoms with Gasteiger partial charge in [0.25, 0.3) is 5.91 Å². The van der Waals surface area contributed by atoms with Crippen molar-refractivity contribution in [2.24, 2.45) is 23.2 Å². The van der Waals surface area contributed by atoms with Crippen molar-refractivity contribution in [1.82, 2.24) is 5.32 Å². The summed E-state index contributed by atoms with van der Waals surface area (Å²) in [5.74, 6) is 2.79. The van der Waals surface area contributed by atoms with Crippen LogP contribution in [-0.4, -0.2) is 11.9 Å². The molecule has 1 N–H and O–H groups in total. The van der Waals surface area contributed by atoms with Crippen LogP contribution >= 0.6 is 0 Å². The van der Waals surface area contributed by atoms with E-state index in [-0.39, 0.29) is 11.9 Å². The Bertz CT molecular complexity index is 470. The minimum atomic E-state index is 0.0157. The van der Waals surface area contributed by atoms with Gasteiger partial charge in [-0.1, -0.05) is 0 Å². The van der Waals surface area contributed by atoms with E-state index in [0.717, 1.165) is 17.8 Å². The summed E-state index contributed by atoms with van der Waals surface area (Å²) in [4.78, 5) is 12.2. The Hall–Kier alpha value is -1.25. The second-order valence-corrected chi connectivity index (χ2v) is 7.49. The minimum Gasteiger partial charge on any atom is -0.472 e. The molecule has 4 fully saturated rings. The fourth-order valence-corrected chi connectivity index (χ4v) is 5.53. The molecule has 1 atom stereocenters. The van der Waals surface area contributed by atoms with Crippen molar-refractivity contribution in [3.8, 4) is 0 Å². The number of furan rings is 1. The van der Waals surface area contributed by atoms with Gasteiger partial charge in [0.05, 0.1) is 11.8 Å². The van der Waals surface area contributed by atoms with Crippen LogP contribution in [0.5, 0.6) is 0 Å². The van der Waals surface area contributed by atoms with Crippen LogP contribution in [0.25, 0.3) is 0 Å². The lowest BCUT2D eigenvalue weighted by Crippen LogP contribution is -2.55. The van der Waals surface area contributed by atoms with E-state index in [0.29, 0.717) is 11.0 Å².